The highest BCUT2D eigenvalue weighted by atomic mass is 16.5. The molecule has 0 bridgehead atoms. The molecule has 0 saturated carbocycles. The molecule has 2 aliphatic heterocycles. The van der Waals surface area contributed by atoms with Crippen LogP contribution in [0.15, 0.2) is 36.7 Å². The molecule has 2 aliphatic rings. The number of aromatic nitrogens is 2. The standard InChI is InChI=1S/C21H27N3O3/c25-15-16-3-4-20(23-14-16)24-10-5-18(6-11-24)27-21-19(2-1-9-22-21)17-7-12-26-13-8-17/h1-4,9,14,17-18,25H,5-8,10-13,15H2. The van der Waals surface area contributed by atoms with Gasteiger partial charge in [-0.1, -0.05) is 12.1 Å². The van der Waals surface area contributed by atoms with Crippen molar-refractivity contribution in [2.45, 2.75) is 44.3 Å². The lowest BCUT2D eigenvalue weighted by atomic mass is 9.92. The highest BCUT2D eigenvalue weighted by Gasteiger charge is 2.25. The predicted octanol–water partition coefficient (Wildman–Crippen LogP) is 2.91. The van der Waals surface area contributed by atoms with Crippen molar-refractivity contribution in [3.63, 3.8) is 0 Å². The maximum absolute atomic E-state index is 9.15. The molecule has 0 amide bonds. The quantitative estimate of drug-likeness (QED) is 0.874. The summed E-state index contributed by atoms with van der Waals surface area (Å²) in [5.41, 5.74) is 2.07. The van der Waals surface area contributed by atoms with Gasteiger partial charge in [-0.25, -0.2) is 9.97 Å². The fourth-order valence-corrected chi connectivity index (χ4v) is 3.88. The van der Waals surface area contributed by atoms with Gasteiger partial charge in [0.25, 0.3) is 0 Å². The molecular formula is C21H27N3O3. The Kier molecular flexibility index (Phi) is 5.84. The summed E-state index contributed by atoms with van der Waals surface area (Å²) >= 11 is 0. The predicted molar refractivity (Wildman–Crippen MR) is 103 cm³/mol. The molecule has 0 unspecified atom stereocenters. The average Bonchev–Trinajstić information content (AvgIpc) is 2.75. The summed E-state index contributed by atoms with van der Waals surface area (Å²) in [5, 5.41) is 9.15. The Morgan fingerprint density at radius 2 is 1.89 bits per heavy atom. The molecule has 27 heavy (non-hydrogen) atoms. The zero-order chi connectivity index (χ0) is 18.5. The van der Waals surface area contributed by atoms with Gasteiger partial charge in [-0.05, 0) is 36.5 Å². The topological polar surface area (TPSA) is 67.7 Å². The number of pyridine rings is 2. The highest BCUT2D eigenvalue weighted by molar-refractivity contribution is 5.40. The van der Waals surface area contributed by atoms with Crippen molar-refractivity contribution in [3.05, 3.63) is 47.8 Å². The van der Waals surface area contributed by atoms with Crippen molar-refractivity contribution in [2.24, 2.45) is 0 Å². The van der Waals surface area contributed by atoms with E-state index in [9.17, 15) is 0 Å². The van der Waals surface area contributed by atoms with Gasteiger partial charge in [0.05, 0.1) is 6.61 Å². The van der Waals surface area contributed by atoms with Crippen LogP contribution in [0.5, 0.6) is 5.88 Å². The smallest absolute Gasteiger partial charge is 0.217 e. The van der Waals surface area contributed by atoms with Crippen LogP contribution in [0.4, 0.5) is 5.82 Å². The molecule has 6 heteroatoms. The van der Waals surface area contributed by atoms with Crippen LogP contribution in [0, 0.1) is 0 Å². The van der Waals surface area contributed by atoms with Crippen LogP contribution in [0.1, 0.15) is 42.7 Å². The number of anilines is 1. The van der Waals surface area contributed by atoms with Crippen molar-refractivity contribution in [1.29, 1.82) is 0 Å². The van der Waals surface area contributed by atoms with Gasteiger partial charge in [0.1, 0.15) is 11.9 Å². The average molecular weight is 369 g/mol. The van der Waals surface area contributed by atoms with E-state index >= 15 is 0 Å². The molecule has 6 nitrogen and oxygen atoms in total. The lowest BCUT2D eigenvalue weighted by molar-refractivity contribution is 0.0833. The lowest BCUT2D eigenvalue weighted by Crippen LogP contribution is -2.39. The van der Waals surface area contributed by atoms with Gasteiger partial charge >= 0.3 is 0 Å². The van der Waals surface area contributed by atoms with Gasteiger partial charge < -0.3 is 19.5 Å². The van der Waals surface area contributed by atoms with E-state index in [4.69, 9.17) is 14.6 Å². The first-order valence-electron chi connectivity index (χ1n) is 9.83. The van der Waals surface area contributed by atoms with Crippen molar-refractivity contribution >= 4 is 5.82 Å². The summed E-state index contributed by atoms with van der Waals surface area (Å²) < 4.78 is 11.8. The van der Waals surface area contributed by atoms with E-state index in [1.807, 2.05) is 24.4 Å². The van der Waals surface area contributed by atoms with Gasteiger partial charge in [0, 0.05) is 57.1 Å². The monoisotopic (exact) mass is 369 g/mol. The van der Waals surface area contributed by atoms with E-state index in [2.05, 4.69) is 20.9 Å². The molecular weight excluding hydrogens is 342 g/mol. The number of rotatable bonds is 5. The molecule has 1 N–H and O–H groups in total. The zero-order valence-electron chi connectivity index (χ0n) is 15.6. The minimum Gasteiger partial charge on any atom is -0.474 e. The van der Waals surface area contributed by atoms with E-state index in [0.717, 1.165) is 69.2 Å². The maximum Gasteiger partial charge on any atom is 0.217 e. The lowest BCUT2D eigenvalue weighted by Gasteiger charge is -2.33. The molecule has 0 aliphatic carbocycles. The van der Waals surface area contributed by atoms with Gasteiger partial charge in [-0.2, -0.15) is 0 Å². The number of nitrogens with zero attached hydrogens (tertiary/aromatic N) is 3. The minimum atomic E-state index is 0.0305. The van der Waals surface area contributed by atoms with Crippen LogP contribution in [-0.2, 0) is 11.3 Å². The molecule has 0 radical (unpaired) electrons. The van der Waals surface area contributed by atoms with Crippen LogP contribution >= 0.6 is 0 Å². The summed E-state index contributed by atoms with van der Waals surface area (Å²) in [4.78, 5) is 11.3. The Morgan fingerprint density at radius 3 is 2.59 bits per heavy atom. The Bertz CT molecular complexity index is 724. The summed E-state index contributed by atoms with van der Waals surface area (Å²) in [7, 11) is 0. The second-order valence-corrected chi connectivity index (χ2v) is 7.27. The third-order valence-electron chi connectivity index (χ3n) is 5.50. The molecule has 2 aromatic rings. The van der Waals surface area contributed by atoms with E-state index < -0.39 is 0 Å². The number of hydrogen-bond donors (Lipinski definition) is 1. The third-order valence-corrected chi connectivity index (χ3v) is 5.50. The number of piperidine rings is 1. The van der Waals surface area contributed by atoms with Crippen LogP contribution in [0.25, 0.3) is 0 Å². The minimum absolute atomic E-state index is 0.0305. The Balaban J connectivity index is 1.36. The maximum atomic E-state index is 9.15. The largest absolute Gasteiger partial charge is 0.474 e. The fourth-order valence-electron chi connectivity index (χ4n) is 3.88. The van der Waals surface area contributed by atoms with Crippen LogP contribution in [-0.4, -0.2) is 47.5 Å². The van der Waals surface area contributed by atoms with Crippen LogP contribution in [0.3, 0.4) is 0 Å². The second kappa shape index (κ2) is 8.67. The second-order valence-electron chi connectivity index (χ2n) is 7.27. The summed E-state index contributed by atoms with van der Waals surface area (Å²) in [6, 6.07) is 8.07. The molecule has 2 saturated heterocycles. The zero-order valence-corrected chi connectivity index (χ0v) is 15.6. The SMILES string of the molecule is OCc1ccc(N2CCC(Oc3ncccc3C3CCOCC3)CC2)nc1. The van der Waals surface area contributed by atoms with E-state index in [1.54, 1.807) is 6.20 Å². The van der Waals surface area contributed by atoms with Crippen molar-refractivity contribution < 1.29 is 14.6 Å². The van der Waals surface area contributed by atoms with Crippen molar-refractivity contribution in [3.8, 4) is 5.88 Å². The molecule has 2 fully saturated rings. The number of ether oxygens (including phenoxy) is 2. The normalized spacial score (nSPS) is 19.2. The van der Waals surface area contributed by atoms with Crippen LogP contribution < -0.4 is 9.64 Å². The third kappa shape index (κ3) is 4.39. The number of aliphatic hydroxyl groups excluding tert-OH is 1. The van der Waals surface area contributed by atoms with Gasteiger partial charge in [0.15, 0.2) is 0 Å². The van der Waals surface area contributed by atoms with Gasteiger partial charge in [-0.15, -0.1) is 0 Å². The van der Waals surface area contributed by atoms with E-state index in [-0.39, 0.29) is 12.7 Å². The summed E-state index contributed by atoms with van der Waals surface area (Å²) in [6.07, 6.45) is 7.73. The summed E-state index contributed by atoms with van der Waals surface area (Å²) in [5.74, 6) is 2.25. The van der Waals surface area contributed by atoms with Gasteiger partial charge in [0.2, 0.25) is 5.88 Å². The fraction of sp³-hybridized carbons (Fsp3) is 0.524. The van der Waals surface area contributed by atoms with Crippen molar-refractivity contribution in [2.75, 3.05) is 31.2 Å². The van der Waals surface area contributed by atoms with Crippen LogP contribution in [0.2, 0.25) is 0 Å². The van der Waals surface area contributed by atoms with Crippen molar-refractivity contribution in [1.82, 2.24) is 9.97 Å². The van der Waals surface area contributed by atoms with Gasteiger partial charge in [-0.3, -0.25) is 0 Å². The molecule has 4 rings (SSSR count). The molecule has 0 atom stereocenters. The Hall–Kier alpha value is -2.18. The molecule has 144 valence electrons. The molecule has 0 aromatic carbocycles. The van der Waals surface area contributed by atoms with E-state index in [0.29, 0.717) is 5.92 Å². The Morgan fingerprint density at radius 1 is 1.07 bits per heavy atom. The first-order valence-corrected chi connectivity index (χ1v) is 9.83. The molecule has 0 spiro atoms. The molecule has 4 heterocycles. The number of aliphatic hydroxyl groups is 1. The number of hydrogen-bond acceptors (Lipinski definition) is 6. The summed E-state index contributed by atoms with van der Waals surface area (Å²) in [6.45, 7) is 3.49. The first-order chi connectivity index (χ1) is 13.3. The first kappa shape index (κ1) is 18.2. The highest BCUT2D eigenvalue weighted by Crippen LogP contribution is 2.33. The Labute approximate surface area is 160 Å². The molecule has 2 aromatic heterocycles. The van der Waals surface area contributed by atoms with E-state index in [1.165, 1.54) is 5.56 Å².